The SMILES string of the molecule is COC(=O)Cc1cc(C=O)c([N+](=O)[O-])cc1Br. The highest BCUT2D eigenvalue weighted by Crippen LogP contribution is 2.27. The van der Waals surface area contributed by atoms with Crippen molar-refractivity contribution >= 4 is 33.9 Å². The molecule has 0 aromatic heterocycles. The molecule has 7 heteroatoms. The van der Waals surface area contributed by atoms with Crippen LogP contribution >= 0.6 is 15.9 Å². The first-order valence-corrected chi connectivity index (χ1v) is 5.27. The molecule has 0 amide bonds. The van der Waals surface area contributed by atoms with Crippen LogP contribution < -0.4 is 0 Å². The Kier molecular flexibility index (Phi) is 4.33. The van der Waals surface area contributed by atoms with Crippen LogP contribution in [0.15, 0.2) is 16.6 Å². The Hall–Kier alpha value is -1.76. The van der Waals surface area contributed by atoms with E-state index in [1.54, 1.807) is 0 Å². The van der Waals surface area contributed by atoms with Gasteiger partial charge in [0.25, 0.3) is 5.69 Å². The predicted molar refractivity (Wildman–Crippen MR) is 61.9 cm³/mol. The Labute approximate surface area is 105 Å². The number of esters is 1. The van der Waals surface area contributed by atoms with E-state index >= 15 is 0 Å². The Bertz CT molecular complexity index is 486. The van der Waals surface area contributed by atoms with Crippen LogP contribution in [-0.2, 0) is 16.0 Å². The topological polar surface area (TPSA) is 86.5 Å². The molecule has 0 saturated carbocycles. The van der Waals surface area contributed by atoms with Crippen molar-refractivity contribution in [1.29, 1.82) is 0 Å². The number of rotatable bonds is 4. The van der Waals surface area contributed by atoms with Gasteiger partial charge in [-0.15, -0.1) is 0 Å². The average Bonchev–Trinajstić information content (AvgIpc) is 2.30. The molecule has 0 unspecified atom stereocenters. The fourth-order valence-corrected chi connectivity index (χ4v) is 1.71. The van der Waals surface area contributed by atoms with Gasteiger partial charge >= 0.3 is 5.97 Å². The van der Waals surface area contributed by atoms with E-state index in [1.807, 2.05) is 0 Å². The molecule has 1 aromatic carbocycles. The Morgan fingerprint density at radius 1 is 1.59 bits per heavy atom. The fraction of sp³-hybridized carbons (Fsp3) is 0.200. The van der Waals surface area contributed by atoms with Gasteiger partial charge in [0.2, 0.25) is 0 Å². The van der Waals surface area contributed by atoms with Gasteiger partial charge in [0.15, 0.2) is 6.29 Å². The van der Waals surface area contributed by atoms with Gasteiger partial charge in [0.1, 0.15) is 0 Å². The normalized spacial score (nSPS) is 9.76. The van der Waals surface area contributed by atoms with Gasteiger partial charge in [-0.1, -0.05) is 15.9 Å². The third-order valence-electron chi connectivity index (χ3n) is 2.08. The lowest BCUT2D eigenvalue weighted by atomic mass is 10.1. The van der Waals surface area contributed by atoms with Gasteiger partial charge in [0, 0.05) is 10.5 Å². The molecule has 17 heavy (non-hydrogen) atoms. The predicted octanol–water partition coefficient (Wildman–Crippen LogP) is 1.89. The van der Waals surface area contributed by atoms with Crippen LogP contribution in [0.25, 0.3) is 0 Å². The van der Waals surface area contributed by atoms with Gasteiger partial charge in [-0.2, -0.15) is 0 Å². The second kappa shape index (κ2) is 5.53. The highest BCUT2D eigenvalue weighted by molar-refractivity contribution is 9.10. The number of carbonyl (C=O) groups is 2. The van der Waals surface area contributed by atoms with Gasteiger partial charge < -0.3 is 4.74 Å². The lowest BCUT2D eigenvalue weighted by Crippen LogP contribution is -2.06. The summed E-state index contributed by atoms with van der Waals surface area (Å²) in [7, 11) is 1.24. The largest absolute Gasteiger partial charge is 0.469 e. The molecule has 0 saturated heterocycles. The second-order valence-corrected chi connectivity index (χ2v) is 3.98. The van der Waals surface area contributed by atoms with Crippen LogP contribution in [0, 0.1) is 10.1 Å². The minimum absolute atomic E-state index is 0.0596. The Balaban J connectivity index is 3.22. The van der Waals surface area contributed by atoms with Gasteiger partial charge in [-0.05, 0) is 11.6 Å². The summed E-state index contributed by atoms with van der Waals surface area (Å²) in [5, 5.41) is 10.7. The molecule has 0 fully saturated rings. The summed E-state index contributed by atoms with van der Waals surface area (Å²) in [5.74, 6) is -0.489. The van der Waals surface area contributed by atoms with Crippen molar-refractivity contribution in [2.24, 2.45) is 0 Å². The average molecular weight is 302 g/mol. The lowest BCUT2D eigenvalue weighted by molar-refractivity contribution is -0.385. The van der Waals surface area contributed by atoms with Crippen LogP contribution in [0.2, 0.25) is 0 Å². The van der Waals surface area contributed by atoms with Crippen molar-refractivity contribution in [2.45, 2.75) is 6.42 Å². The second-order valence-electron chi connectivity index (χ2n) is 3.13. The van der Waals surface area contributed by atoms with E-state index in [4.69, 9.17) is 0 Å². The molecule has 90 valence electrons. The molecule has 0 radical (unpaired) electrons. The molecule has 0 spiro atoms. The number of halogens is 1. The van der Waals surface area contributed by atoms with E-state index in [0.29, 0.717) is 16.3 Å². The van der Waals surface area contributed by atoms with E-state index in [1.165, 1.54) is 19.2 Å². The number of methoxy groups -OCH3 is 1. The first kappa shape index (κ1) is 13.3. The quantitative estimate of drug-likeness (QED) is 0.367. The Morgan fingerprint density at radius 2 is 2.24 bits per heavy atom. The maximum Gasteiger partial charge on any atom is 0.310 e. The molecule has 1 aromatic rings. The molecule has 0 bridgehead atoms. The van der Waals surface area contributed by atoms with Crippen molar-refractivity contribution in [2.75, 3.05) is 7.11 Å². The summed E-state index contributed by atoms with van der Waals surface area (Å²) in [6.45, 7) is 0. The minimum Gasteiger partial charge on any atom is -0.469 e. The van der Waals surface area contributed by atoms with Crippen molar-refractivity contribution < 1.29 is 19.2 Å². The molecule has 0 atom stereocenters. The highest BCUT2D eigenvalue weighted by atomic mass is 79.9. The zero-order valence-electron chi connectivity index (χ0n) is 8.81. The zero-order chi connectivity index (χ0) is 13.0. The van der Waals surface area contributed by atoms with Crippen LogP contribution in [0.5, 0.6) is 0 Å². The molecule has 0 aliphatic carbocycles. The highest BCUT2D eigenvalue weighted by Gasteiger charge is 2.18. The smallest absolute Gasteiger partial charge is 0.310 e. The standard InChI is InChI=1S/C10H8BrNO5/c1-17-10(14)3-6-2-7(5-13)9(12(15)16)4-8(6)11/h2,4-5H,3H2,1H3. The monoisotopic (exact) mass is 301 g/mol. The molecule has 6 nitrogen and oxygen atoms in total. The number of nitro benzene ring substituents is 1. The maximum absolute atomic E-state index is 11.1. The first-order valence-electron chi connectivity index (χ1n) is 4.48. The van der Waals surface area contributed by atoms with Crippen LogP contribution in [-0.4, -0.2) is 24.3 Å². The third kappa shape index (κ3) is 3.10. The zero-order valence-corrected chi connectivity index (χ0v) is 10.4. The first-order chi connectivity index (χ1) is 7.99. The number of nitro groups is 1. The number of nitrogens with zero attached hydrogens (tertiary/aromatic N) is 1. The summed E-state index contributed by atoms with van der Waals surface area (Å²) < 4.78 is 4.87. The van der Waals surface area contributed by atoms with Crippen molar-refractivity contribution in [3.8, 4) is 0 Å². The van der Waals surface area contributed by atoms with Crippen molar-refractivity contribution in [1.82, 2.24) is 0 Å². The summed E-state index contributed by atoms with van der Waals surface area (Å²) >= 11 is 3.11. The number of hydrogen-bond donors (Lipinski definition) is 0. The van der Waals surface area contributed by atoms with Crippen LogP contribution in [0.3, 0.4) is 0 Å². The molecule has 0 heterocycles. The Morgan fingerprint density at radius 3 is 2.71 bits per heavy atom. The van der Waals surface area contributed by atoms with E-state index in [2.05, 4.69) is 20.7 Å². The third-order valence-corrected chi connectivity index (χ3v) is 2.82. The number of benzene rings is 1. The minimum atomic E-state index is -0.656. The van der Waals surface area contributed by atoms with Crippen molar-refractivity contribution in [3.63, 3.8) is 0 Å². The molecule has 0 aliphatic rings. The molecular weight excluding hydrogens is 294 g/mol. The van der Waals surface area contributed by atoms with Gasteiger partial charge in [-0.3, -0.25) is 19.7 Å². The number of ether oxygens (including phenoxy) is 1. The number of carbonyl (C=O) groups excluding carboxylic acids is 2. The van der Waals surface area contributed by atoms with Gasteiger partial charge in [-0.25, -0.2) is 0 Å². The number of hydrogen-bond acceptors (Lipinski definition) is 5. The van der Waals surface area contributed by atoms with E-state index in [-0.39, 0.29) is 17.7 Å². The van der Waals surface area contributed by atoms with E-state index < -0.39 is 10.9 Å². The summed E-state index contributed by atoms with van der Waals surface area (Å²) in [5.41, 5.74) is 0.0853. The summed E-state index contributed by atoms with van der Waals surface area (Å²) in [6, 6.07) is 2.49. The van der Waals surface area contributed by atoms with E-state index in [9.17, 15) is 19.7 Å². The summed E-state index contributed by atoms with van der Waals surface area (Å²) in [6.07, 6.45) is 0.321. The number of aldehydes is 1. The van der Waals surface area contributed by atoms with Crippen molar-refractivity contribution in [3.05, 3.63) is 37.8 Å². The van der Waals surface area contributed by atoms with Gasteiger partial charge in [0.05, 0.1) is 24.0 Å². The molecule has 1 rings (SSSR count). The maximum atomic E-state index is 11.1. The summed E-state index contributed by atoms with van der Waals surface area (Å²) in [4.78, 5) is 31.8. The molecular formula is C10H8BrNO5. The molecule has 0 N–H and O–H groups in total. The molecule has 0 aliphatic heterocycles. The van der Waals surface area contributed by atoms with Crippen LogP contribution in [0.1, 0.15) is 15.9 Å². The fourth-order valence-electron chi connectivity index (χ4n) is 1.24. The van der Waals surface area contributed by atoms with Crippen LogP contribution in [0.4, 0.5) is 5.69 Å². The van der Waals surface area contributed by atoms with E-state index in [0.717, 1.165) is 0 Å². The lowest BCUT2D eigenvalue weighted by Gasteiger charge is -2.05.